The zero-order valence-electron chi connectivity index (χ0n) is 15.4. The molecule has 0 atom stereocenters. The summed E-state index contributed by atoms with van der Waals surface area (Å²) in [4.78, 5) is 7.08. The number of benzene rings is 2. The standard InChI is InChI=1S/C23H20ClN3S/c24-20-8-6-18(7-9-20)22-16-28-23(26-22)19(15-25)14-17-4-10-21(11-5-17)27-12-2-1-3-13-27/h4-11,14,16H,1-3,12-13H2/b19-14+. The number of nitrogens with zero attached hydrogens (tertiary/aromatic N) is 3. The first kappa shape index (κ1) is 18.7. The molecule has 28 heavy (non-hydrogen) atoms. The zero-order valence-corrected chi connectivity index (χ0v) is 17.0. The van der Waals surface area contributed by atoms with Crippen molar-refractivity contribution in [3.63, 3.8) is 0 Å². The van der Waals surface area contributed by atoms with Crippen LogP contribution < -0.4 is 4.90 Å². The summed E-state index contributed by atoms with van der Waals surface area (Å²) < 4.78 is 0. The molecule has 1 fully saturated rings. The highest BCUT2D eigenvalue weighted by molar-refractivity contribution is 7.11. The van der Waals surface area contributed by atoms with Crippen LogP contribution in [-0.4, -0.2) is 18.1 Å². The number of rotatable bonds is 4. The molecule has 0 aliphatic carbocycles. The Labute approximate surface area is 174 Å². The molecule has 0 unspecified atom stereocenters. The summed E-state index contributed by atoms with van der Waals surface area (Å²) in [7, 11) is 0. The Morgan fingerprint density at radius 1 is 1.04 bits per heavy atom. The molecular formula is C23H20ClN3S. The summed E-state index contributed by atoms with van der Waals surface area (Å²) in [5.74, 6) is 0. The van der Waals surface area contributed by atoms with Gasteiger partial charge in [-0.2, -0.15) is 5.26 Å². The largest absolute Gasteiger partial charge is 0.372 e. The van der Waals surface area contributed by atoms with Crippen LogP contribution in [0, 0.1) is 11.3 Å². The van der Waals surface area contributed by atoms with E-state index in [0.29, 0.717) is 10.6 Å². The second-order valence-electron chi connectivity index (χ2n) is 6.85. The molecule has 1 aliphatic rings. The topological polar surface area (TPSA) is 39.9 Å². The third-order valence-corrected chi connectivity index (χ3v) is 6.05. The van der Waals surface area contributed by atoms with Gasteiger partial charge in [-0.25, -0.2) is 4.98 Å². The first-order chi connectivity index (χ1) is 13.7. The van der Waals surface area contributed by atoms with Crippen LogP contribution in [0.1, 0.15) is 29.8 Å². The molecule has 3 aromatic rings. The normalized spacial score (nSPS) is 14.7. The maximum atomic E-state index is 9.64. The fourth-order valence-electron chi connectivity index (χ4n) is 3.39. The van der Waals surface area contributed by atoms with Gasteiger partial charge >= 0.3 is 0 Å². The van der Waals surface area contributed by atoms with Gasteiger partial charge in [0, 0.05) is 34.7 Å². The van der Waals surface area contributed by atoms with Gasteiger partial charge in [0.05, 0.1) is 11.3 Å². The molecule has 2 aromatic carbocycles. The molecule has 0 amide bonds. The van der Waals surface area contributed by atoms with E-state index in [4.69, 9.17) is 11.6 Å². The molecule has 3 nitrogen and oxygen atoms in total. The lowest BCUT2D eigenvalue weighted by Crippen LogP contribution is -2.29. The van der Waals surface area contributed by atoms with Gasteiger partial charge < -0.3 is 4.90 Å². The average molecular weight is 406 g/mol. The summed E-state index contributed by atoms with van der Waals surface area (Å²) in [5.41, 5.74) is 4.71. The van der Waals surface area contributed by atoms with Crippen molar-refractivity contribution < 1.29 is 0 Å². The third-order valence-electron chi connectivity index (χ3n) is 4.92. The molecule has 1 aliphatic heterocycles. The van der Waals surface area contributed by atoms with Gasteiger partial charge in [0.1, 0.15) is 11.1 Å². The van der Waals surface area contributed by atoms with Crippen LogP contribution in [-0.2, 0) is 0 Å². The molecule has 0 bridgehead atoms. The molecule has 0 spiro atoms. The van der Waals surface area contributed by atoms with Crippen molar-refractivity contribution in [1.82, 2.24) is 4.98 Å². The van der Waals surface area contributed by atoms with Crippen molar-refractivity contribution in [3.8, 4) is 17.3 Å². The minimum Gasteiger partial charge on any atom is -0.372 e. The van der Waals surface area contributed by atoms with E-state index in [1.165, 1.54) is 36.3 Å². The van der Waals surface area contributed by atoms with Crippen molar-refractivity contribution in [2.75, 3.05) is 18.0 Å². The summed E-state index contributed by atoms with van der Waals surface area (Å²) >= 11 is 7.44. The van der Waals surface area contributed by atoms with Crippen LogP contribution in [0.3, 0.4) is 0 Å². The fraction of sp³-hybridized carbons (Fsp3) is 0.217. The van der Waals surface area contributed by atoms with Crippen LogP contribution in [0.2, 0.25) is 5.02 Å². The van der Waals surface area contributed by atoms with E-state index in [9.17, 15) is 5.26 Å². The van der Waals surface area contributed by atoms with Crippen LogP contribution in [0.15, 0.2) is 53.9 Å². The summed E-state index contributed by atoms with van der Waals surface area (Å²) in [6.45, 7) is 2.26. The SMILES string of the molecule is N#C/C(=C\c1ccc(N2CCCCC2)cc1)c1nc(-c2ccc(Cl)cc2)cs1. The number of nitriles is 1. The Kier molecular flexibility index (Phi) is 5.76. The second-order valence-corrected chi connectivity index (χ2v) is 8.15. The first-order valence-electron chi connectivity index (χ1n) is 9.41. The Morgan fingerprint density at radius 3 is 2.43 bits per heavy atom. The second kappa shape index (κ2) is 8.60. The molecule has 1 aromatic heterocycles. The van der Waals surface area contributed by atoms with Gasteiger partial charge in [0.25, 0.3) is 0 Å². The average Bonchev–Trinajstić information content (AvgIpc) is 3.23. The van der Waals surface area contributed by atoms with Gasteiger partial charge in [-0.1, -0.05) is 35.9 Å². The summed E-state index contributed by atoms with van der Waals surface area (Å²) in [6.07, 6.45) is 5.76. The number of aromatic nitrogens is 1. The van der Waals surface area contributed by atoms with Gasteiger partial charge in [0.15, 0.2) is 0 Å². The van der Waals surface area contributed by atoms with Crippen molar-refractivity contribution in [3.05, 3.63) is 69.5 Å². The minimum absolute atomic E-state index is 0.580. The van der Waals surface area contributed by atoms with Gasteiger partial charge in [-0.3, -0.25) is 0 Å². The lowest BCUT2D eigenvalue weighted by Gasteiger charge is -2.28. The maximum absolute atomic E-state index is 9.64. The van der Waals surface area contributed by atoms with Crippen molar-refractivity contribution in [2.24, 2.45) is 0 Å². The Morgan fingerprint density at radius 2 is 1.75 bits per heavy atom. The van der Waals surface area contributed by atoms with Crippen molar-refractivity contribution >= 4 is 40.3 Å². The number of piperidine rings is 1. The van der Waals surface area contributed by atoms with Crippen molar-refractivity contribution in [2.45, 2.75) is 19.3 Å². The number of hydrogen-bond donors (Lipinski definition) is 0. The number of thiazole rings is 1. The van der Waals surface area contributed by atoms with Crippen LogP contribution >= 0.6 is 22.9 Å². The van der Waals surface area contributed by atoms with Gasteiger partial charge in [0.2, 0.25) is 0 Å². The molecule has 4 rings (SSSR count). The Balaban J connectivity index is 1.54. The van der Waals surface area contributed by atoms with E-state index in [2.05, 4.69) is 40.2 Å². The molecule has 5 heteroatoms. The lowest BCUT2D eigenvalue weighted by molar-refractivity contribution is 0.578. The monoisotopic (exact) mass is 405 g/mol. The number of halogens is 1. The molecule has 0 radical (unpaired) electrons. The number of anilines is 1. The highest BCUT2D eigenvalue weighted by Gasteiger charge is 2.12. The van der Waals surface area contributed by atoms with E-state index in [0.717, 1.165) is 34.9 Å². The van der Waals surface area contributed by atoms with Crippen LogP contribution in [0.4, 0.5) is 5.69 Å². The zero-order chi connectivity index (χ0) is 19.3. The molecular weight excluding hydrogens is 386 g/mol. The predicted octanol–water partition coefficient (Wildman–Crippen LogP) is 6.52. The molecule has 0 saturated carbocycles. The molecule has 0 N–H and O–H groups in total. The van der Waals surface area contributed by atoms with Gasteiger partial charge in [-0.15, -0.1) is 11.3 Å². The van der Waals surface area contributed by atoms with E-state index in [1.807, 2.05) is 35.7 Å². The Bertz CT molecular complexity index is 1010. The third kappa shape index (κ3) is 4.27. The van der Waals surface area contributed by atoms with Crippen molar-refractivity contribution in [1.29, 1.82) is 5.26 Å². The fourth-order valence-corrected chi connectivity index (χ4v) is 4.31. The number of hydrogen-bond acceptors (Lipinski definition) is 4. The lowest BCUT2D eigenvalue weighted by atomic mass is 10.1. The summed E-state index contributed by atoms with van der Waals surface area (Å²) in [5, 5.41) is 13.0. The predicted molar refractivity (Wildman–Crippen MR) is 119 cm³/mol. The molecule has 140 valence electrons. The maximum Gasteiger partial charge on any atom is 0.134 e. The quantitative estimate of drug-likeness (QED) is 0.464. The van der Waals surface area contributed by atoms with E-state index >= 15 is 0 Å². The minimum atomic E-state index is 0.580. The Hall–Kier alpha value is -2.61. The van der Waals surface area contributed by atoms with Gasteiger partial charge in [-0.05, 0) is 55.2 Å². The highest BCUT2D eigenvalue weighted by Crippen LogP contribution is 2.28. The molecule has 2 heterocycles. The highest BCUT2D eigenvalue weighted by atomic mass is 35.5. The van der Waals surface area contributed by atoms with E-state index in [1.54, 1.807) is 0 Å². The van der Waals surface area contributed by atoms with Crippen LogP contribution in [0.5, 0.6) is 0 Å². The van der Waals surface area contributed by atoms with Crippen LogP contribution in [0.25, 0.3) is 22.9 Å². The smallest absolute Gasteiger partial charge is 0.134 e. The first-order valence-corrected chi connectivity index (χ1v) is 10.7. The summed E-state index contributed by atoms with van der Waals surface area (Å²) in [6, 6.07) is 18.3. The van der Waals surface area contributed by atoms with E-state index in [-0.39, 0.29) is 0 Å². The van der Waals surface area contributed by atoms with E-state index < -0.39 is 0 Å². The molecule has 1 saturated heterocycles. The number of allylic oxidation sites excluding steroid dienone is 1.